The van der Waals surface area contributed by atoms with Gasteiger partial charge in [0.15, 0.2) is 5.79 Å². The number of hydrogen-bond donors (Lipinski definition) is 0. The van der Waals surface area contributed by atoms with Gasteiger partial charge in [0.25, 0.3) is 0 Å². The Kier molecular flexibility index (Phi) is 3.37. The maximum atomic E-state index is 5.85. The second-order valence-corrected chi connectivity index (χ2v) is 12.5. The van der Waals surface area contributed by atoms with Crippen molar-refractivity contribution in [2.24, 2.45) is 5.41 Å². The molecule has 2 rings (SSSR count). The normalized spacial score (nSPS) is 29.2. The van der Waals surface area contributed by atoms with Gasteiger partial charge in [0.2, 0.25) is 0 Å². The van der Waals surface area contributed by atoms with Crippen LogP contribution in [0.1, 0.15) is 26.7 Å². The Bertz CT molecular complexity index is 378. The maximum Gasteiger partial charge on any atom is 0.162 e. The molecule has 1 aliphatic heterocycles. The zero-order valence-corrected chi connectivity index (χ0v) is 13.4. The lowest BCUT2D eigenvalue weighted by molar-refractivity contribution is -0.283. The van der Waals surface area contributed by atoms with Gasteiger partial charge in [-0.1, -0.05) is 43.1 Å². The SMILES string of the molecule is C=C1CC2(COC(C)(C)OC2)C/C1=C\[Si](C)(C)C. The highest BCUT2D eigenvalue weighted by Gasteiger charge is 2.45. The summed E-state index contributed by atoms with van der Waals surface area (Å²) in [7, 11) is -1.18. The van der Waals surface area contributed by atoms with Gasteiger partial charge in [-0.2, -0.15) is 0 Å². The van der Waals surface area contributed by atoms with Gasteiger partial charge in [-0.3, -0.25) is 0 Å². The Morgan fingerprint density at radius 1 is 1.11 bits per heavy atom. The lowest BCUT2D eigenvalue weighted by Gasteiger charge is -2.41. The summed E-state index contributed by atoms with van der Waals surface area (Å²) >= 11 is 0. The summed E-state index contributed by atoms with van der Waals surface area (Å²) in [6.07, 6.45) is 2.10. The van der Waals surface area contributed by atoms with E-state index in [1.54, 1.807) is 0 Å². The summed E-state index contributed by atoms with van der Waals surface area (Å²) in [4.78, 5) is 0. The average molecular weight is 266 g/mol. The molecule has 3 heteroatoms. The van der Waals surface area contributed by atoms with Crippen molar-refractivity contribution < 1.29 is 9.47 Å². The molecule has 0 aromatic heterocycles. The molecule has 2 nitrogen and oxygen atoms in total. The van der Waals surface area contributed by atoms with Crippen molar-refractivity contribution in [3.8, 4) is 0 Å². The summed E-state index contributed by atoms with van der Waals surface area (Å²) < 4.78 is 11.7. The summed E-state index contributed by atoms with van der Waals surface area (Å²) in [6, 6.07) is 0. The molecule has 2 aliphatic rings. The van der Waals surface area contributed by atoms with E-state index in [1.165, 1.54) is 11.1 Å². The predicted molar refractivity (Wildman–Crippen MR) is 78.2 cm³/mol. The maximum absolute atomic E-state index is 5.85. The fraction of sp³-hybridized carbons (Fsp3) is 0.733. The number of ether oxygens (including phenoxy) is 2. The molecular weight excluding hydrogens is 240 g/mol. The average Bonchev–Trinajstić information content (AvgIpc) is 2.48. The van der Waals surface area contributed by atoms with E-state index in [9.17, 15) is 0 Å². The van der Waals surface area contributed by atoms with Crippen LogP contribution in [0.25, 0.3) is 0 Å². The molecule has 1 saturated heterocycles. The zero-order chi connectivity index (χ0) is 13.6. The second kappa shape index (κ2) is 4.32. The minimum absolute atomic E-state index is 0.151. The van der Waals surface area contributed by atoms with Crippen LogP contribution in [-0.2, 0) is 9.47 Å². The van der Waals surface area contributed by atoms with Crippen LogP contribution in [0.5, 0.6) is 0 Å². The molecule has 0 radical (unpaired) electrons. The first-order valence-corrected chi connectivity index (χ1v) is 10.4. The molecule has 2 fully saturated rings. The molecule has 1 spiro atoms. The third-order valence-electron chi connectivity index (χ3n) is 3.67. The van der Waals surface area contributed by atoms with Crippen LogP contribution in [0.4, 0.5) is 0 Å². The van der Waals surface area contributed by atoms with Crippen molar-refractivity contribution in [1.29, 1.82) is 0 Å². The summed E-state index contributed by atoms with van der Waals surface area (Å²) in [5, 5.41) is 0. The van der Waals surface area contributed by atoms with Crippen LogP contribution in [-0.4, -0.2) is 27.1 Å². The van der Waals surface area contributed by atoms with Gasteiger partial charge in [-0.15, -0.1) is 0 Å². The highest BCUT2D eigenvalue weighted by atomic mass is 28.3. The van der Waals surface area contributed by atoms with Gasteiger partial charge >= 0.3 is 0 Å². The lowest BCUT2D eigenvalue weighted by atomic mass is 9.86. The minimum atomic E-state index is -1.18. The zero-order valence-electron chi connectivity index (χ0n) is 12.4. The summed E-state index contributed by atoms with van der Waals surface area (Å²) in [5.74, 6) is -0.419. The standard InChI is InChI=1S/C15H26O2Si/c1-12-7-15(8-13(12)9-18(4,5)6)10-16-14(2,3)17-11-15/h9H,1,7-8,10-11H2,2-6H3/b13-9+. The predicted octanol–water partition coefficient (Wildman–Crippen LogP) is 3.91. The van der Waals surface area contributed by atoms with E-state index in [-0.39, 0.29) is 5.41 Å². The quantitative estimate of drug-likeness (QED) is 0.670. The van der Waals surface area contributed by atoms with Crippen molar-refractivity contribution in [2.45, 2.75) is 52.1 Å². The van der Waals surface area contributed by atoms with Crippen LogP contribution in [0.3, 0.4) is 0 Å². The molecule has 0 atom stereocenters. The van der Waals surface area contributed by atoms with Crippen molar-refractivity contribution in [3.05, 3.63) is 23.4 Å². The Hall–Kier alpha value is -0.383. The monoisotopic (exact) mass is 266 g/mol. The molecule has 0 N–H and O–H groups in total. The Balaban J connectivity index is 2.12. The van der Waals surface area contributed by atoms with Crippen LogP contribution in [0.2, 0.25) is 19.6 Å². The van der Waals surface area contributed by atoms with Gasteiger partial charge in [-0.05, 0) is 26.7 Å². The number of rotatable bonds is 1. The first-order chi connectivity index (χ1) is 8.11. The van der Waals surface area contributed by atoms with Gasteiger partial charge in [0.1, 0.15) is 0 Å². The molecule has 1 heterocycles. The van der Waals surface area contributed by atoms with E-state index in [1.807, 2.05) is 13.8 Å². The first kappa shape index (κ1) is 14.0. The van der Waals surface area contributed by atoms with Gasteiger partial charge < -0.3 is 9.47 Å². The fourth-order valence-corrected chi connectivity index (χ4v) is 4.13. The van der Waals surface area contributed by atoms with E-state index >= 15 is 0 Å². The third kappa shape index (κ3) is 3.14. The van der Waals surface area contributed by atoms with E-state index in [4.69, 9.17) is 9.47 Å². The van der Waals surface area contributed by atoms with Crippen LogP contribution in [0.15, 0.2) is 23.4 Å². The Morgan fingerprint density at radius 3 is 2.17 bits per heavy atom. The topological polar surface area (TPSA) is 18.5 Å². The molecule has 1 saturated carbocycles. The van der Waals surface area contributed by atoms with E-state index < -0.39 is 13.9 Å². The highest BCUT2D eigenvalue weighted by Crippen LogP contribution is 2.48. The molecule has 0 amide bonds. The van der Waals surface area contributed by atoms with Gasteiger partial charge in [-0.25, -0.2) is 0 Å². The fourth-order valence-electron chi connectivity index (χ4n) is 2.77. The number of hydrogen-bond acceptors (Lipinski definition) is 2. The minimum Gasteiger partial charge on any atom is -0.350 e. The van der Waals surface area contributed by atoms with E-state index in [0.29, 0.717) is 0 Å². The highest BCUT2D eigenvalue weighted by molar-refractivity contribution is 6.81. The molecular formula is C15H26O2Si. The van der Waals surface area contributed by atoms with Crippen LogP contribution in [0, 0.1) is 5.41 Å². The first-order valence-electron chi connectivity index (χ1n) is 6.79. The molecule has 0 aromatic carbocycles. The summed E-state index contributed by atoms with van der Waals surface area (Å²) in [6.45, 7) is 16.9. The van der Waals surface area contributed by atoms with Crippen molar-refractivity contribution in [3.63, 3.8) is 0 Å². The summed E-state index contributed by atoms with van der Waals surface area (Å²) in [5.41, 5.74) is 5.40. The van der Waals surface area contributed by atoms with Crippen LogP contribution >= 0.6 is 0 Å². The molecule has 0 aromatic rings. The molecule has 1 aliphatic carbocycles. The third-order valence-corrected chi connectivity index (χ3v) is 4.88. The number of allylic oxidation sites excluding steroid dienone is 2. The van der Waals surface area contributed by atoms with Gasteiger partial charge in [0.05, 0.1) is 21.3 Å². The smallest absolute Gasteiger partial charge is 0.162 e. The van der Waals surface area contributed by atoms with Gasteiger partial charge in [0, 0.05) is 5.41 Å². The second-order valence-electron chi connectivity index (χ2n) is 7.47. The molecule has 0 unspecified atom stereocenters. The molecule has 18 heavy (non-hydrogen) atoms. The largest absolute Gasteiger partial charge is 0.350 e. The Labute approximate surface area is 112 Å². The van der Waals surface area contributed by atoms with Crippen molar-refractivity contribution in [2.75, 3.05) is 13.2 Å². The molecule has 102 valence electrons. The van der Waals surface area contributed by atoms with Crippen molar-refractivity contribution >= 4 is 8.07 Å². The van der Waals surface area contributed by atoms with E-state index in [2.05, 4.69) is 31.9 Å². The van der Waals surface area contributed by atoms with Crippen LogP contribution < -0.4 is 0 Å². The van der Waals surface area contributed by atoms with E-state index in [0.717, 1.165) is 26.1 Å². The Morgan fingerprint density at radius 2 is 1.67 bits per heavy atom. The lowest BCUT2D eigenvalue weighted by Crippen LogP contribution is -2.45. The van der Waals surface area contributed by atoms with Crippen molar-refractivity contribution in [1.82, 2.24) is 0 Å². The molecule has 0 bridgehead atoms.